The van der Waals surface area contributed by atoms with Crippen LogP contribution in [0.5, 0.6) is 0 Å². The molecule has 2 rings (SSSR count). The maximum absolute atomic E-state index is 11.6. The Hall–Kier alpha value is -1.56. The summed E-state index contributed by atoms with van der Waals surface area (Å²) in [6.07, 6.45) is 2.79. The Kier molecular flexibility index (Phi) is 2.36. The molecule has 1 fully saturated rings. The van der Waals surface area contributed by atoms with Gasteiger partial charge in [-0.25, -0.2) is 9.48 Å². The van der Waals surface area contributed by atoms with Crippen LogP contribution in [-0.2, 0) is 0 Å². The number of nitrogens with zero attached hydrogens (tertiary/aromatic N) is 1. The van der Waals surface area contributed by atoms with Crippen LogP contribution < -0.4 is 5.56 Å². The van der Waals surface area contributed by atoms with E-state index in [1.165, 1.54) is 4.68 Å². The highest BCUT2D eigenvalue weighted by molar-refractivity contribution is 5.86. The van der Waals surface area contributed by atoms with Gasteiger partial charge in [-0.1, -0.05) is 0 Å². The van der Waals surface area contributed by atoms with Crippen molar-refractivity contribution in [3.05, 3.63) is 22.1 Å². The molecule has 0 bridgehead atoms. The SMILES string of the molecule is O=C(O)c1c[nH]n(C2CCCC2O)c1=O. The monoisotopic (exact) mass is 212 g/mol. The van der Waals surface area contributed by atoms with E-state index in [9.17, 15) is 14.7 Å². The average molecular weight is 212 g/mol. The van der Waals surface area contributed by atoms with Gasteiger partial charge in [0, 0.05) is 6.20 Å². The lowest BCUT2D eigenvalue weighted by Gasteiger charge is -2.14. The molecule has 6 heteroatoms. The molecule has 82 valence electrons. The molecule has 2 unspecified atom stereocenters. The lowest BCUT2D eigenvalue weighted by atomic mass is 10.2. The molecule has 2 atom stereocenters. The first-order valence-electron chi connectivity index (χ1n) is 4.82. The van der Waals surface area contributed by atoms with Crippen molar-refractivity contribution in [3.8, 4) is 0 Å². The summed E-state index contributed by atoms with van der Waals surface area (Å²) >= 11 is 0. The number of aromatic carboxylic acids is 1. The van der Waals surface area contributed by atoms with E-state index in [1.54, 1.807) is 0 Å². The fourth-order valence-electron chi connectivity index (χ4n) is 2.01. The number of hydrogen-bond donors (Lipinski definition) is 3. The number of carboxylic acid groups (broad SMARTS) is 1. The Balaban J connectivity index is 2.37. The molecular formula is C9H12N2O4. The van der Waals surface area contributed by atoms with Crippen molar-refractivity contribution >= 4 is 5.97 Å². The second kappa shape index (κ2) is 3.54. The summed E-state index contributed by atoms with van der Waals surface area (Å²) in [5.74, 6) is -1.25. The summed E-state index contributed by atoms with van der Waals surface area (Å²) in [7, 11) is 0. The van der Waals surface area contributed by atoms with Gasteiger partial charge in [0.2, 0.25) is 0 Å². The minimum absolute atomic E-state index is 0.283. The van der Waals surface area contributed by atoms with Gasteiger partial charge < -0.3 is 15.3 Å². The molecule has 15 heavy (non-hydrogen) atoms. The standard InChI is InChI=1S/C9H12N2O4/c12-7-3-1-2-6(7)11-8(13)5(4-10-11)9(14)15/h4,6-7,10,12H,1-3H2,(H,14,15). The van der Waals surface area contributed by atoms with Crippen LogP contribution in [-0.4, -0.2) is 32.1 Å². The van der Waals surface area contributed by atoms with Crippen molar-refractivity contribution in [2.45, 2.75) is 31.4 Å². The molecule has 1 aromatic rings. The van der Waals surface area contributed by atoms with Gasteiger partial charge in [0.05, 0.1) is 12.1 Å². The Morgan fingerprint density at radius 3 is 2.73 bits per heavy atom. The summed E-state index contributed by atoms with van der Waals surface area (Å²) < 4.78 is 1.21. The zero-order valence-electron chi connectivity index (χ0n) is 8.01. The van der Waals surface area contributed by atoms with Gasteiger partial charge in [0.1, 0.15) is 5.56 Å². The third kappa shape index (κ3) is 1.56. The largest absolute Gasteiger partial charge is 0.477 e. The summed E-state index contributed by atoms with van der Waals surface area (Å²) in [5, 5.41) is 20.9. The molecule has 0 amide bonds. The van der Waals surface area contributed by atoms with Crippen molar-refractivity contribution in [1.82, 2.24) is 9.78 Å². The zero-order valence-corrected chi connectivity index (χ0v) is 8.01. The van der Waals surface area contributed by atoms with Gasteiger partial charge in [-0.15, -0.1) is 0 Å². The van der Waals surface area contributed by atoms with Crippen LogP contribution in [0.3, 0.4) is 0 Å². The fourth-order valence-corrected chi connectivity index (χ4v) is 2.01. The van der Waals surface area contributed by atoms with Crippen LogP contribution in [0, 0.1) is 0 Å². The number of H-pyrrole nitrogens is 1. The van der Waals surface area contributed by atoms with E-state index >= 15 is 0 Å². The highest BCUT2D eigenvalue weighted by Crippen LogP contribution is 2.28. The fraction of sp³-hybridized carbons (Fsp3) is 0.556. The molecule has 0 spiro atoms. The Morgan fingerprint density at radius 2 is 2.27 bits per heavy atom. The van der Waals surface area contributed by atoms with E-state index in [4.69, 9.17) is 5.11 Å². The minimum Gasteiger partial charge on any atom is -0.477 e. The van der Waals surface area contributed by atoms with Gasteiger partial charge in [-0.05, 0) is 19.3 Å². The highest BCUT2D eigenvalue weighted by Gasteiger charge is 2.29. The van der Waals surface area contributed by atoms with E-state index < -0.39 is 17.6 Å². The molecule has 0 radical (unpaired) electrons. The van der Waals surface area contributed by atoms with Crippen LogP contribution in [0.2, 0.25) is 0 Å². The van der Waals surface area contributed by atoms with Crippen molar-refractivity contribution in [2.75, 3.05) is 0 Å². The lowest BCUT2D eigenvalue weighted by molar-refractivity contribution is 0.0694. The van der Waals surface area contributed by atoms with E-state index in [2.05, 4.69) is 5.10 Å². The van der Waals surface area contributed by atoms with Gasteiger partial charge in [-0.2, -0.15) is 0 Å². The van der Waals surface area contributed by atoms with Gasteiger partial charge in [-0.3, -0.25) is 4.79 Å². The number of nitrogens with one attached hydrogen (secondary N) is 1. The first kappa shape index (κ1) is 9.97. The van der Waals surface area contributed by atoms with Crippen LogP contribution in [0.4, 0.5) is 0 Å². The molecular weight excluding hydrogens is 200 g/mol. The van der Waals surface area contributed by atoms with E-state index in [0.717, 1.165) is 12.6 Å². The summed E-state index contributed by atoms with van der Waals surface area (Å²) in [6.45, 7) is 0. The second-order valence-corrected chi connectivity index (χ2v) is 3.73. The third-order valence-electron chi connectivity index (χ3n) is 2.80. The molecule has 6 nitrogen and oxygen atoms in total. The number of carboxylic acids is 1. The first-order valence-corrected chi connectivity index (χ1v) is 4.82. The number of aliphatic hydroxyl groups excluding tert-OH is 1. The molecule has 0 aliphatic heterocycles. The number of carbonyl (C=O) groups is 1. The molecule has 1 saturated carbocycles. The van der Waals surface area contributed by atoms with E-state index in [-0.39, 0.29) is 11.6 Å². The van der Waals surface area contributed by atoms with Crippen molar-refractivity contribution in [1.29, 1.82) is 0 Å². The predicted octanol–water partition coefficient (Wildman–Crippen LogP) is -0.0395. The number of aliphatic hydroxyl groups is 1. The third-order valence-corrected chi connectivity index (χ3v) is 2.80. The van der Waals surface area contributed by atoms with E-state index in [1.807, 2.05) is 0 Å². The van der Waals surface area contributed by atoms with Gasteiger partial charge >= 0.3 is 5.97 Å². The second-order valence-electron chi connectivity index (χ2n) is 3.73. The van der Waals surface area contributed by atoms with Crippen LogP contribution >= 0.6 is 0 Å². The van der Waals surface area contributed by atoms with Gasteiger partial charge in [0.15, 0.2) is 0 Å². The Morgan fingerprint density at radius 1 is 1.53 bits per heavy atom. The maximum Gasteiger partial charge on any atom is 0.342 e. The normalized spacial score (nSPS) is 25.7. The number of aromatic nitrogens is 2. The number of rotatable bonds is 2. The molecule has 0 aromatic carbocycles. The maximum atomic E-state index is 11.6. The molecule has 1 heterocycles. The number of hydrogen-bond acceptors (Lipinski definition) is 3. The van der Waals surface area contributed by atoms with Crippen molar-refractivity contribution in [3.63, 3.8) is 0 Å². The topological polar surface area (TPSA) is 95.3 Å². The Labute approximate surface area is 85.1 Å². The summed E-state index contributed by atoms with van der Waals surface area (Å²) in [5.41, 5.74) is -0.859. The quantitative estimate of drug-likeness (QED) is 0.641. The molecule has 1 aromatic heterocycles. The minimum atomic E-state index is -1.25. The van der Waals surface area contributed by atoms with Crippen molar-refractivity contribution in [2.24, 2.45) is 0 Å². The molecule has 1 aliphatic rings. The average Bonchev–Trinajstić information content (AvgIpc) is 2.71. The molecule has 3 N–H and O–H groups in total. The van der Waals surface area contributed by atoms with Crippen LogP contribution in [0.25, 0.3) is 0 Å². The molecule has 0 saturated heterocycles. The zero-order chi connectivity index (χ0) is 11.0. The first-order chi connectivity index (χ1) is 7.11. The van der Waals surface area contributed by atoms with Crippen LogP contribution in [0.15, 0.2) is 11.0 Å². The van der Waals surface area contributed by atoms with Crippen molar-refractivity contribution < 1.29 is 15.0 Å². The van der Waals surface area contributed by atoms with Crippen LogP contribution in [0.1, 0.15) is 35.7 Å². The Bertz CT molecular complexity index is 434. The summed E-state index contributed by atoms with van der Waals surface area (Å²) in [4.78, 5) is 22.2. The predicted molar refractivity (Wildman–Crippen MR) is 50.9 cm³/mol. The lowest BCUT2D eigenvalue weighted by Crippen LogP contribution is -2.29. The number of aromatic amines is 1. The van der Waals surface area contributed by atoms with E-state index in [0.29, 0.717) is 12.8 Å². The smallest absolute Gasteiger partial charge is 0.342 e. The summed E-state index contributed by atoms with van der Waals surface area (Å²) in [6, 6.07) is -0.314. The molecule has 1 aliphatic carbocycles. The highest BCUT2D eigenvalue weighted by atomic mass is 16.4. The van der Waals surface area contributed by atoms with Gasteiger partial charge in [0.25, 0.3) is 5.56 Å².